The molecular formula is C27H33N5O4S. The van der Waals surface area contributed by atoms with Gasteiger partial charge in [-0.15, -0.1) is 0 Å². The standard InChI is InChI=1S/C27H33N5O4S/c1-20-7-5-8-21(17-20)26-29-25(36-30-26)19-31-14-6-9-22(18-31)27(33)28-23-10-12-24(13-11-23)37(34,35)32-15-3-2-4-16-32/h5,7-8,10-13,17,22H,2-4,6,9,14-16,18-19H2,1H3,(H,28,33). The summed E-state index contributed by atoms with van der Waals surface area (Å²) >= 11 is 0. The Labute approximate surface area is 217 Å². The van der Waals surface area contributed by atoms with Gasteiger partial charge >= 0.3 is 0 Å². The molecule has 196 valence electrons. The fraction of sp³-hybridized carbons (Fsp3) is 0.444. The monoisotopic (exact) mass is 523 g/mol. The first kappa shape index (κ1) is 25.6. The zero-order valence-electron chi connectivity index (χ0n) is 21.1. The van der Waals surface area contributed by atoms with Gasteiger partial charge in [-0.2, -0.15) is 9.29 Å². The number of rotatable bonds is 7. The lowest BCUT2D eigenvalue weighted by Gasteiger charge is -2.30. The van der Waals surface area contributed by atoms with E-state index in [2.05, 4.69) is 20.4 Å². The molecule has 0 radical (unpaired) electrons. The maximum Gasteiger partial charge on any atom is 0.243 e. The summed E-state index contributed by atoms with van der Waals surface area (Å²) in [6, 6.07) is 14.5. The molecule has 0 saturated carbocycles. The molecule has 10 heteroatoms. The molecule has 1 aromatic heterocycles. The Kier molecular flexibility index (Phi) is 7.68. The molecule has 1 atom stereocenters. The Bertz CT molecular complexity index is 1330. The number of amides is 1. The van der Waals surface area contributed by atoms with Crippen LogP contribution in [-0.4, -0.2) is 59.8 Å². The zero-order valence-corrected chi connectivity index (χ0v) is 21.9. The SMILES string of the molecule is Cc1cccc(-c2noc(CN3CCCC(C(=O)Nc4ccc(S(=O)(=O)N5CCCCC5)cc4)C3)n2)c1. The predicted molar refractivity (Wildman–Crippen MR) is 140 cm³/mol. The van der Waals surface area contributed by atoms with Crippen LogP contribution in [-0.2, 0) is 21.4 Å². The van der Waals surface area contributed by atoms with E-state index in [4.69, 9.17) is 4.52 Å². The summed E-state index contributed by atoms with van der Waals surface area (Å²) in [5.41, 5.74) is 2.65. The normalized spacial score (nSPS) is 19.5. The molecule has 2 aliphatic heterocycles. The number of hydrogen-bond donors (Lipinski definition) is 1. The molecule has 0 bridgehead atoms. The van der Waals surface area contributed by atoms with Gasteiger partial charge in [0.15, 0.2) is 0 Å². The van der Waals surface area contributed by atoms with E-state index in [-0.39, 0.29) is 16.7 Å². The van der Waals surface area contributed by atoms with Gasteiger partial charge in [0.05, 0.1) is 17.4 Å². The fourth-order valence-electron chi connectivity index (χ4n) is 5.03. The fourth-order valence-corrected chi connectivity index (χ4v) is 6.55. The Morgan fingerprint density at radius 1 is 1.05 bits per heavy atom. The van der Waals surface area contributed by atoms with Gasteiger partial charge in [-0.3, -0.25) is 9.69 Å². The van der Waals surface area contributed by atoms with E-state index < -0.39 is 10.0 Å². The summed E-state index contributed by atoms with van der Waals surface area (Å²) < 4.78 is 32.8. The zero-order chi connectivity index (χ0) is 25.8. The lowest BCUT2D eigenvalue weighted by molar-refractivity contribution is -0.121. The van der Waals surface area contributed by atoms with Crippen molar-refractivity contribution in [1.82, 2.24) is 19.3 Å². The molecule has 2 fully saturated rings. The van der Waals surface area contributed by atoms with Crippen molar-refractivity contribution in [2.45, 2.75) is 50.5 Å². The van der Waals surface area contributed by atoms with Gasteiger partial charge in [-0.05, 0) is 69.5 Å². The number of piperidine rings is 2. The molecule has 5 rings (SSSR count). The number of sulfonamides is 1. The highest BCUT2D eigenvalue weighted by molar-refractivity contribution is 7.89. The smallest absolute Gasteiger partial charge is 0.243 e. The van der Waals surface area contributed by atoms with Crippen LogP contribution in [0.15, 0.2) is 57.9 Å². The molecule has 0 aliphatic carbocycles. The number of aryl methyl sites for hydroxylation is 1. The van der Waals surface area contributed by atoms with Crippen LogP contribution in [0.4, 0.5) is 5.69 Å². The summed E-state index contributed by atoms with van der Waals surface area (Å²) in [6.45, 7) is 5.09. The topological polar surface area (TPSA) is 109 Å². The maximum atomic E-state index is 13.0. The van der Waals surface area contributed by atoms with Crippen LogP contribution in [0.5, 0.6) is 0 Å². The number of carbonyl (C=O) groups excluding carboxylic acids is 1. The van der Waals surface area contributed by atoms with E-state index in [1.165, 1.54) is 0 Å². The molecule has 2 aliphatic rings. The minimum Gasteiger partial charge on any atom is -0.338 e. The molecule has 2 saturated heterocycles. The molecule has 9 nitrogen and oxygen atoms in total. The van der Waals surface area contributed by atoms with Crippen molar-refractivity contribution in [2.24, 2.45) is 5.92 Å². The quantitative estimate of drug-likeness (QED) is 0.497. The van der Waals surface area contributed by atoms with Crippen molar-refractivity contribution < 1.29 is 17.7 Å². The first-order chi connectivity index (χ1) is 17.9. The molecule has 3 heterocycles. The Balaban J connectivity index is 1.17. The third-order valence-corrected chi connectivity index (χ3v) is 8.97. The van der Waals surface area contributed by atoms with Gasteiger partial charge in [0.25, 0.3) is 0 Å². The van der Waals surface area contributed by atoms with Gasteiger partial charge in [0, 0.05) is 30.9 Å². The highest BCUT2D eigenvalue weighted by atomic mass is 32.2. The van der Waals surface area contributed by atoms with Crippen LogP contribution in [0, 0.1) is 12.8 Å². The number of benzene rings is 2. The van der Waals surface area contributed by atoms with Crippen molar-refractivity contribution in [2.75, 3.05) is 31.5 Å². The van der Waals surface area contributed by atoms with Crippen molar-refractivity contribution in [3.63, 3.8) is 0 Å². The predicted octanol–water partition coefficient (Wildman–Crippen LogP) is 4.07. The first-order valence-electron chi connectivity index (χ1n) is 12.9. The number of nitrogens with one attached hydrogen (secondary N) is 1. The first-order valence-corrected chi connectivity index (χ1v) is 14.4. The van der Waals surface area contributed by atoms with Crippen molar-refractivity contribution in [3.8, 4) is 11.4 Å². The number of anilines is 1. The Morgan fingerprint density at radius 2 is 1.84 bits per heavy atom. The van der Waals surface area contributed by atoms with Gasteiger partial charge in [0.2, 0.25) is 27.6 Å². The molecule has 0 spiro atoms. The van der Waals surface area contributed by atoms with Crippen LogP contribution in [0.25, 0.3) is 11.4 Å². The minimum atomic E-state index is -3.49. The van der Waals surface area contributed by atoms with E-state index >= 15 is 0 Å². The molecule has 2 aromatic carbocycles. The Morgan fingerprint density at radius 3 is 2.59 bits per heavy atom. The van der Waals surface area contributed by atoms with E-state index in [0.29, 0.717) is 43.6 Å². The highest BCUT2D eigenvalue weighted by Crippen LogP contribution is 2.24. The third-order valence-electron chi connectivity index (χ3n) is 7.05. The van der Waals surface area contributed by atoms with E-state index in [0.717, 1.165) is 49.8 Å². The van der Waals surface area contributed by atoms with Gasteiger partial charge in [-0.1, -0.05) is 35.3 Å². The average Bonchev–Trinajstić information content (AvgIpc) is 3.38. The Hall–Kier alpha value is -3.08. The molecule has 1 unspecified atom stereocenters. The second-order valence-corrected chi connectivity index (χ2v) is 11.9. The number of aromatic nitrogens is 2. The highest BCUT2D eigenvalue weighted by Gasteiger charge is 2.28. The molecule has 1 N–H and O–H groups in total. The molecule has 1 amide bonds. The van der Waals surface area contributed by atoms with Crippen molar-refractivity contribution >= 4 is 21.6 Å². The van der Waals surface area contributed by atoms with Crippen LogP contribution < -0.4 is 5.32 Å². The van der Waals surface area contributed by atoms with Crippen LogP contribution in [0.3, 0.4) is 0 Å². The molecular weight excluding hydrogens is 490 g/mol. The van der Waals surface area contributed by atoms with Crippen molar-refractivity contribution in [3.05, 3.63) is 60.0 Å². The lowest BCUT2D eigenvalue weighted by Crippen LogP contribution is -2.40. The lowest BCUT2D eigenvalue weighted by atomic mass is 9.97. The summed E-state index contributed by atoms with van der Waals surface area (Å²) in [6.07, 6.45) is 4.55. The second kappa shape index (κ2) is 11.1. The number of nitrogens with zero attached hydrogens (tertiary/aromatic N) is 4. The maximum absolute atomic E-state index is 13.0. The number of carbonyl (C=O) groups is 1. The third kappa shape index (κ3) is 6.08. The van der Waals surface area contributed by atoms with Crippen LogP contribution in [0.2, 0.25) is 0 Å². The average molecular weight is 524 g/mol. The summed E-state index contributed by atoms with van der Waals surface area (Å²) in [5, 5.41) is 7.08. The second-order valence-electron chi connectivity index (χ2n) is 9.93. The van der Waals surface area contributed by atoms with Crippen molar-refractivity contribution in [1.29, 1.82) is 0 Å². The van der Waals surface area contributed by atoms with Crippen LogP contribution >= 0.6 is 0 Å². The van der Waals surface area contributed by atoms with Crippen LogP contribution in [0.1, 0.15) is 43.6 Å². The minimum absolute atomic E-state index is 0.0673. The summed E-state index contributed by atoms with van der Waals surface area (Å²) in [4.78, 5) is 20.0. The van der Waals surface area contributed by atoms with Gasteiger partial charge in [0.1, 0.15) is 0 Å². The van der Waals surface area contributed by atoms with E-state index in [1.807, 2.05) is 31.2 Å². The summed E-state index contributed by atoms with van der Waals surface area (Å²) in [5.74, 6) is 0.853. The van der Waals surface area contributed by atoms with Gasteiger partial charge < -0.3 is 9.84 Å². The number of likely N-dealkylation sites (tertiary alicyclic amines) is 1. The van der Waals surface area contributed by atoms with Gasteiger partial charge in [-0.25, -0.2) is 8.42 Å². The molecule has 3 aromatic rings. The summed E-state index contributed by atoms with van der Waals surface area (Å²) in [7, 11) is -3.49. The van der Waals surface area contributed by atoms with E-state index in [1.54, 1.807) is 28.6 Å². The molecule has 37 heavy (non-hydrogen) atoms. The largest absolute Gasteiger partial charge is 0.338 e. The number of hydrogen-bond acceptors (Lipinski definition) is 7. The van der Waals surface area contributed by atoms with E-state index in [9.17, 15) is 13.2 Å².